The molecule has 0 aliphatic rings. The van der Waals surface area contributed by atoms with Gasteiger partial charge < -0.3 is 10.4 Å². The van der Waals surface area contributed by atoms with Crippen LogP contribution in [0.1, 0.15) is 34.1 Å². The number of carboxylic acid groups (broad SMARTS) is 1. The summed E-state index contributed by atoms with van der Waals surface area (Å²) in [6.45, 7) is 9.22. The maximum Gasteiger partial charge on any atom is 0.310 e. The molecular formula is C10H21NO2. The van der Waals surface area contributed by atoms with Gasteiger partial charge in [-0.05, 0) is 32.7 Å². The Morgan fingerprint density at radius 3 is 2.38 bits per heavy atom. The lowest BCUT2D eigenvalue weighted by Gasteiger charge is -2.19. The fourth-order valence-corrected chi connectivity index (χ4v) is 0.867. The molecule has 0 fully saturated rings. The number of aliphatic carboxylic acids is 1. The quantitative estimate of drug-likeness (QED) is 0.623. The summed E-state index contributed by atoms with van der Waals surface area (Å²) in [5, 5.41) is 12.0. The molecule has 0 atom stereocenters. The topological polar surface area (TPSA) is 49.3 Å². The summed E-state index contributed by atoms with van der Waals surface area (Å²) < 4.78 is 0. The van der Waals surface area contributed by atoms with Gasteiger partial charge in [0.15, 0.2) is 0 Å². The van der Waals surface area contributed by atoms with Crippen molar-refractivity contribution in [3.63, 3.8) is 0 Å². The number of carbonyl (C=O) groups is 1. The van der Waals surface area contributed by atoms with Crippen molar-refractivity contribution in [2.45, 2.75) is 34.1 Å². The van der Waals surface area contributed by atoms with Crippen LogP contribution in [0.25, 0.3) is 0 Å². The monoisotopic (exact) mass is 187 g/mol. The molecule has 3 heteroatoms. The van der Waals surface area contributed by atoms with Crippen LogP contribution in [0.4, 0.5) is 0 Å². The molecule has 0 bridgehead atoms. The maximum atomic E-state index is 10.7. The first-order chi connectivity index (χ1) is 5.86. The third-order valence-corrected chi connectivity index (χ3v) is 2.04. The van der Waals surface area contributed by atoms with Gasteiger partial charge in [-0.1, -0.05) is 13.8 Å². The van der Waals surface area contributed by atoms with E-state index in [1.54, 1.807) is 13.8 Å². The smallest absolute Gasteiger partial charge is 0.310 e. The van der Waals surface area contributed by atoms with Crippen molar-refractivity contribution in [2.75, 3.05) is 13.1 Å². The zero-order valence-corrected chi connectivity index (χ0v) is 9.05. The zero-order chi connectivity index (χ0) is 10.5. The molecule has 0 amide bonds. The molecule has 0 aromatic carbocycles. The van der Waals surface area contributed by atoms with E-state index in [1.807, 2.05) is 0 Å². The van der Waals surface area contributed by atoms with Crippen LogP contribution < -0.4 is 5.32 Å². The molecule has 0 aliphatic heterocycles. The Hall–Kier alpha value is -0.570. The van der Waals surface area contributed by atoms with Crippen LogP contribution >= 0.6 is 0 Å². The number of hydrogen-bond acceptors (Lipinski definition) is 2. The average molecular weight is 187 g/mol. The molecule has 2 N–H and O–H groups in total. The predicted octanol–water partition coefficient (Wildman–Crippen LogP) is 1.73. The molecule has 0 unspecified atom stereocenters. The van der Waals surface area contributed by atoms with Crippen molar-refractivity contribution in [2.24, 2.45) is 11.3 Å². The van der Waals surface area contributed by atoms with Gasteiger partial charge in [-0.2, -0.15) is 0 Å². The molecule has 78 valence electrons. The summed E-state index contributed by atoms with van der Waals surface area (Å²) in [4.78, 5) is 10.7. The standard InChI is InChI=1S/C10H21NO2/c1-8(2)5-6-11-7-10(3,4)9(12)13/h8,11H,5-7H2,1-4H3,(H,12,13). The van der Waals surface area contributed by atoms with E-state index in [-0.39, 0.29) is 0 Å². The highest BCUT2D eigenvalue weighted by atomic mass is 16.4. The van der Waals surface area contributed by atoms with E-state index in [4.69, 9.17) is 5.11 Å². The van der Waals surface area contributed by atoms with Crippen molar-refractivity contribution in [1.29, 1.82) is 0 Å². The van der Waals surface area contributed by atoms with Gasteiger partial charge >= 0.3 is 5.97 Å². The normalized spacial score (nSPS) is 12.1. The van der Waals surface area contributed by atoms with Gasteiger partial charge in [0.05, 0.1) is 5.41 Å². The minimum absolute atomic E-state index is 0.537. The van der Waals surface area contributed by atoms with E-state index >= 15 is 0 Å². The molecule has 0 aliphatic carbocycles. The minimum atomic E-state index is -0.746. The highest BCUT2D eigenvalue weighted by molar-refractivity contribution is 5.73. The van der Waals surface area contributed by atoms with Gasteiger partial charge in [0.1, 0.15) is 0 Å². The van der Waals surface area contributed by atoms with Gasteiger partial charge in [0, 0.05) is 6.54 Å². The Labute approximate surface area is 80.5 Å². The Bertz CT molecular complexity index is 164. The van der Waals surface area contributed by atoms with E-state index in [9.17, 15) is 4.79 Å². The highest BCUT2D eigenvalue weighted by Crippen LogP contribution is 2.13. The van der Waals surface area contributed by atoms with Crippen LogP contribution in [0, 0.1) is 11.3 Å². The zero-order valence-electron chi connectivity index (χ0n) is 9.05. The molecule has 0 rings (SSSR count). The Kier molecular flexibility index (Phi) is 4.99. The third kappa shape index (κ3) is 5.64. The van der Waals surface area contributed by atoms with E-state index in [0.717, 1.165) is 13.0 Å². The molecule has 0 radical (unpaired) electrons. The van der Waals surface area contributed by atoms with Crippen LogP contribution in [0.2, 0.25) is 0 Å². The van der Waals surface area contributed by atoms with E-state index in [1.165, 1.54) is 0 Å². The summed E-state index contributed by atoms with van der Waals surface area (Å²) in [7, 11) is 0. The second-order valence-corrected chi connectivity index (χ2v) is 4.55. The molecule has 0 aromatic rings. The van der Waals surface area contributed by atoms with E-state index < -0.39 is 11.4 Å². The molecule has 0 saturated heterocycles. The second kappa shape index (κ2) is 5.22. The number of rotatable bonds is 6. The summed E-state index contributed by atoms with van der Waals surface area (Å²) in [5.74, 6) is -0.0787. The van der Waals surface area contributed by atoms with Gasteiger partial charge in [0.2, 0.25) is 0 Å². The first-order valence-electron chi connectivity index (χ1n) is 4.80. The summed E-state index contributed by atoms with van der Waals surface area (Å²) in [6, 6.07) is 0. The van der Waals surface area contributed by atoms with Crippen LogP contribution in [0.15, 0.2) is 0 Å². The van der Waals surface area contributed by atoms with Gasteiger partial charge in [-0.25, -0.2) is 0 Å². The van der Waals surface area contributed by atoms with Gasteiger partial charge in [-0.15, -0.1) is 0 Å². The van der Waals surface area contributed by atoms with Crippen molar-refractivity contribution in [3.05, 3.63) is 0 Å². The van der Waals surface area contributed by atoms with Gasteiger partial charge in [-0.3, -0.25) is 4.79 Å². The molecular weight excluding hydrogens is 166 g/mol. The second-order valence-electron chi connectivity index (χ2n) is 4.55. The largest absolute Gasteiger partial charge is 0.481 e. The average Bonchev–Trinajstić information content (AvgIpc) is 1.97. The lowest BCUT2D eigenvalue weighted by atomic mass is 9.94. The third-order valence-electron chi connectivity index (χ3n) is 2.04. The summed E-state index contributed by atoms with van der Waals surface area (Å²) in [6.07, 6.45) is 1.09. The number of hydrogen-bond donors (Lipinski definition) is 2. The van der Waals surface area contributed by atoms with Crippen LogP contribution in [0.5, 0.6) is 0 Å². The van der Waals surface area contributed by atoms with Crippen LogP contribution in [0.3, 0.4) is 0 Å². The maximum absolute atomic E-state index is 10.7. The minimum Gasteiger partial charge on any atom is -0.481 e. The van der Waals surface area contributed by atoms with Crippen molar-refractivity contribution < 1.29 is 9.90 Å². The first kappa shape index (κ1) is 12.4. The van der Waals surface area contributed by atoms with Crippen molar-refractivity contribution in [1.82, 2.24) is 5.32 Å². The van der Waals surface area contributed by atoms with Crippen LogP contribution in [-0.4, -0.2) is 24.2 Å². The first-order valence-corrected chi connectivity index (χ1v) is 4.80. The molecule has 13 heavy (non-hydrogen) atoms. The summed E-state index contributed by atoms with van der Waals surface area (Å²) >= 11 is 0. The Balaban J connectivity index is 3.58. The predicted molar refractivity (Wildman–Crippen MR) is 53.7 cm³/mol. The lowest BCUT2D eigenvalue weighted by Crippen LogP contribution is -2.36. The lowest BCUT2D eigenvalue weighted by molar-refractivity contribution is -0.146. The Morgan fingerprint density at radius 1 is 1.46 bits per heavy atom. The fraction of sp³-hybridized carbons (Fsp3) is 0.900. The molecule has 0 saturated carbocycles. The molecule has 0 spiro atoms. The molecule has 3 nitrogen and oxygen atoms in total. The van der Waals surface area contributed by atoms with Gasteiger partial charge in [0.25, 0.3) is 0 Å². The van der Waals surface area contributed by atoms with E-state index in [2.05, 4.69) is 19.2 Å². The van der Waals surface area contributed by atoms with E-state index in [0.29, 0.717) is 12.5 Å². The van der Waals surface area contributed by atoms with Crippen LogP contribution in [-0.2, 0) is 4.79 Å². The SMILES string of the molecule is CC(C)CCNCC(C)(C)C(=O)O. The Morgan fingerprint density at radius 2 is 2.00 bits per heavy atom. The molecule has 0 heterocycles. The summed E-state index contributed by atoms with van der Waals surface area (Å²) in [5.41, 5.74) is -0.656. The number of nitrogens with one attached hydrogen (secondary N) is 1. The van der Waals surface area contributed by atoms with Crippen molar-refractivity contribution >= 4 is 5.97 Å². The van der Waals surface area contributed by atoms with Crippen molar-refractivity contribution in [3.8, 4) is 0 Å². The fourth-order valence-electron chi connectivity index (χ4n) is 0.867. The molecule has 0 aromatic heterocycles. The number of carboxylic acids is 1. The highest BCUT2D eigenvalue weighted by Gasteiger charge is 2.26.